The SMILES string of the molecule is CC=C(C(C)=O)/C(N)=C\C=O. The Morgan fingerprint density at radius 2 is 2.00 bits per heavy atom. The molecule has 0 aromatic rings. The monoisotopic (exact) mass is 153 g/mol. The molecule has 0 atom stereocenters. The van der Waals surface area contributed by atoms with Crippen LogP contribution in [-0.4, -0.2) is 12.1 Å². The molecule has 0 unspecified atom stereocenters. The second-order valence-corrected chi connectivity index (χ2v) is 2.02. The van der Waals surface area contributed by atoms with E-state index in [-0.39, 0.29) is 11.5 Å². The molecule has 0 aromatic heterocycles. The fourth-order valence-electron chi connectivity index (χ4n) is 0.736. The molecule has 0 amide bonds. The maximum Gasteiger partial charge on any atom is 0.161 e. The largest absolute Gasteiger partial charge is 0.398 e. The Hall–Kier alpha value is -1.38. The molecule has 3 heteroatoms. The van der Waals surface area contributed by atoms with Crippen molar-refractivity contribution in [1.82, 2.24) is 0 Å². The van der Waals surface area contributed by atoms with Crippen LogP contribution in [0.15, 0.2) is 23.4 Å². The molecule has 0 saturated carbocycles. The van der Waals surface area contributed by atoms with Crippen LogP contribution in [0.2, 0.25) is 0 Å². The van der Waals surface area contributed by atoms with Gasteiger partial charge in [0.25, 0.3) is 0 Å². The van der Waals surface area contributed by atoms with Crippen LogP contribution in [0.25, 0.3) is 0 Å². The van der Waals surface area contributed by atoms with Crippen molar-refractivity contribution in [2.24, 2.45) is 5.73 Å². The standard InChI is InChI=1S/C8H11NO2/c1-3-7(6(2)11)8(9)4-5-10/h3-5H,9H2,1-2H3/b7-3?,8-4+. The molecule has 0 heterocycles. The summed E-state index contributed by atoms with van der Waals surface area (Å²) in [4.78, 5) is 20.7. The molecule has 0 saturated heterocycles. The third kappa shape index (κ3) is 2.80. The van der Waals surface area contributed by atoms with E-state index in [0.29, 0.717) is 11.9 Å². The van der Waals surface area contributed by atoms with Gasteiger partial charge in [0.15, 0.2) is 5.78 Å². The first-order valence-electron chi connectivity index (χ1n) is 3.22. The molecule has 0 aromatic carbocycles. The van der Waals surface area contributed by atoms with Crippen LogP contribution in [0.4, 0.5) is 0 Å². The van der Waals surface area contributed by atoms with Crippen molar-refractivity contribution in [2.45, 2.75) is 13.8 Å². The highest BCUT2D eigenvalue weighted by Crippen LogP contribution is 2.03. The van der Waals surface area contributed by atoms with Crippen LogP contribution in [0.3, 0.4) is 0 Å². The van der Waals surface area contributed by atoms with Gasteiger partial charge in [0.1, 0.15) is 6.29 Å². The van der Waals surface area contributed by atoms with Crippen LogP contribution in [0.1, 0.15) is 13.8 Å². The average Bonchev–Trinajstić information content (AvgIpc) is 1.88. The lowest BCUT2D eigenvalue weighted by Gasteiger charge is -1.99. The van der Waals surface area contributed by atoms with Crippen molar-refractivity contribution >= 4 is 12.1 Å². The van der Waals surface area contributed by atoms with E-state index in [0.717, 1.165) is 6.08 Å². The van der Waals surface area contributed by atoms with Crippen LogP contribution < -0.4 is 5.73 Å². The van der Waals surface area contributed by atoms with Crippen molar-refractivity contribution in [3.05, 3.63) is 23.4 Å². The second-order valence-electron chi connectivity index (χ2n) is 2.02. The minimum atomic E-state index is -0.136. The van der Waals surface area contributed by atoms with Gasteiger partial charge in [-0.2, -0.15) is 0 Å². The van der Waals surface area contributed by atoms with E-state index in [4.69, 9.17) is 5.73 Å². The minimum absolute atomic E-state index is 0.136. The molecule has 0 aliphatic rings. The van der Waals surface area contributed by atoms with Gasteiger partial charge in [-0.1, -0.05) is 6.08 Å². The molecule has 3 nitrogen and oxygen atoms in total. The molecular formula is C8H11NO2. The Morgan fingerprint density at radius 3 is 2.27 bits per heavy atom. The highest BCUT2D eigenvalue weighted by Gasteiger charge is 2.03. The van der Waals surface area contributed by atoms with Gasteiger partial charge in [-0.05, 0) is 13.8 Å². The number of hydrogen-bond acceptors (Lipinski definition) is 3. The van der Waals surface area contributed by atoms with Crippen LogP contribution in [0, 0.1) is 0 Å². The molecule has 0 fully saturated rings. The molecule has 0 aliphatic heterocycles. The fourth-order valence-corrected chi connectivity index (χ4v) is 0.736. The zero-order chi connectivity index (χ0) is 8.85. The predicted molar refractivity (Wildman–Crippen MR) is 42.8 cm³/mol. The van der Waals surface area contributed by atoms with Gasteiger partial charge >= 0.3 is 0 Å². The number of carbonyl (C=O) groups excluding carboxylic acids is 2. The summed E-state index contributed by atoms with van der Waals surface area (Å²) in [6, 6.07) is 0. The molecule has 0 bridgehead atoms. The molecule has 0 aliphatic carbocycles. The normalized spacial score (nSPS) is 12.9. The van der Waals surface area contributed by atoms with Gasteiger partial charge in [-0.3, -0.25) is 9.59 Å². The first-order chi connectivity index (χ1) is 5.13. The molecule has 60 valence electrons. The Kier molecular flexibility index (Phi) is 3.88. The maximum absolute atomic E-state index is 10.8. The third-order valence-electron chi connectivity index (χ3n) is 1.23. The van der Waals surface area contributed by atoms with E-state index < -0.39 is 0 Å². The number of Topliss-reactive ketones (excluding diaryl/α,β-unsaturated/α-hetero) is 1. The number of nitrogens with two attached hydrogens (primary N) is 1. The van der Waals surface area contributed by atoms with Crippen molar-refractivity contribution in [3.63, 3.8) is 0 Å². The zero-order valence-electron chi connectivity index (χ0n) is 6.63. The summed E-state index contributed by atoms with van der Waals surface area (Å²) in [6.45, 7) is 3.10. The number of ketones is 1. The lowest BCUT2D eigenvalue weighted by Crippen LogP contribution is -2.08. The summed E-state index contributed by atoms with van der Waals surface area (Å²) in [7, 11) is 0. The predicted octanol–water partition coefficient (Wildman–Crippen LogP) is 0.563. The molecule has 0 spiro atoms. The van der Waals surface area contributed by atoms with E-state index in [1.807, 2.05) is 0 Å². The Morgan fingerprint density at radius 1 is 1.45 bits per heavy atom. The summed E-state index contributed by atoms with van der Waals surface area (Å²) in [5.41, 5.74) is 5.98. The van der Waals surface area contributed by atoms with E-state index in [1.54, 1.807) is 13.0 Å². The fraction of sp³-hybridized carbons (Fsp3) is 0.250. The van der Waals surface area contributed by atoms with E-state index >= 15 is 0 Å². The molecule has 0 radical (unpaired) electrons. The lowest BCUT2D eigenvalue weighted by atomic mass is 10.1. The summed E-state index contributed by atoms with van der Waals surface area (Å²) >= 11 is 0. The van der Waals surface area contributed by atoms with Gasteiger partial charge in [0.2, 0.25) is 0 Å². The molecule has 11 heavy (non-hydrogen) atoms. The minimum Gasteiger partial charge on any atom is -0.398 e. The molecule has 0 rings (SSSR count). The van der Waals surface area contributed by atoms with Crippen molar-refractivity contribution in [1.29, 1.82) is 0 Å². The number of aldehydes is 1. The topological polar surface area (TPSA) is 60.2 Å². The van der Waals surface area contributed by atoms with Gasteiger partial charge in [0.05, 0.1) is 0 Å². The smallest absolute Gasteiger partial charge is 0.161 e. The molecular weight excluding hydrogens is 142 g/mol. The van der Waals surface area contributed by atoms with Crippen molar-refractivity contribution in [3.8, 4) is 0 Å². The lowest BCUT2D eigenvalue weighted by molar-refractivity contribution is -0.113. The van der Waals surface area contributed by atoms with Crippen LogP contribution in [0.5, 0.6) is 0 Å². The van der Waals surface area contributed by atoms with Gasteiger partial charge in [-0.15, -0.1) is 0 Å². The van der Waals surface area contributed by atoms with Gasteiger partial charge in [-0.25, -0.2) is 0 Å². The van der Waals surface area contributed by atoms with E-state index in [9.17, 15) is 9.59 Å². The summed E-state index contributed by atoms with van der Waals surface area (Å²) in [6.07, 6.45) is 3.30. The van der Waals surface area contributed by atoms with Gasteiger partial charge < -0.3 is 5.73 Å². The Balaban J connectivity index is 4.67. The van der Waals surface area contributed by atoms with Crippen molar-refractivity contribution in [2.75, 3.05) is 0 Å². The summed E-state index contributed by atoms with van der Waals surface area (Å²) in [5.74, 6) is -0.136. The number of hydrogen-bond donors (Lipinski definition) is 1. The number of allylic oxidation sites excluding steroid dienone is 3. The third-order valence-corrected chi connectivity index (χ3v) is 1.23. The van der Waals surface area contributed by atoms with E-state index in [2.05, 4.69) is 0 Å². The highest BCUT2D eigenvalue weighted by atomic mass is 16.1. The molecule has 2 N–H and O–H groups in total. The van der Waals surface area contributed by atoms with Crippen LogP contribution in [-0.2, 0) is 9.59 Å². The first-order valence-corrected chi connectivity index (χ1v) is 3.22. The summed E-state index contributed by atoms with van der Waals surface area (Å²) in [5, 5.41) is 0. The Bertz CT molecular complexity index is 226. The number of carbonyl (C=O) groups is 2. The number of rotatable bonds is 3. The average molecular weight is 153 g/mol. The van der Waals surface area contributed by atoms with E-state index in [1.165, 1.54) is 6.92 Å². The van der Waals surface area contributed by atoms with Crippen molar-refractivity contribution < 1.29 is 9.59 Å². The highest BCUT2D eigenvalue weighted by molar-refractivity contribution is 5.98. The second kappa shape index (κ2) is 4.44. The zero-order valence-corrected chi connectivity index (χ0v) is 6.63. The van der Waals surface area contributed by atoms with Crippen LogP contribution >= 0.6 is 0 Å². The maximum atomic E-state index is 10.8. The Labute approximate surface area is 65.6 Å². The first kappa shape index (κ1) is 9.62. The summed E-state index contributed by atoms with van der Waals surface area (Å²) < 4.78 is 0. The van der Waals surface area contributed by atoms with Gasteiger partial charge in [0, 0.05) is 17.3 Å². The quantitative estimate of drug-likeness (QED) is 0.366.